The SMILES string of the molecule is COc1ccccc1-c1cc(-c2ccccc2)nc(SCc2ccccc2)c1C#N. The number of methoxy groups -OCH3 is 1. The van der Waals surface area contributed by atoms with Crippen molar-refractivity contribution in [3.05, 3.63) is 102 Å². The van der Waals surface area contributed by atoms with Crippen LogP contribution in [0.5, 0.6) is 5.75 Å². The van der Waals surface area contributed by atoms with Crippen LogP contribution in [0.4, 0.5) is 0 Å². The van der Waals surface area contributed by atoms with Gasteiger partial charge >= 0.3 is 0 Å². The molecule has 146 valence electrons. The van der Waals surface area contributed by atoms with Crippen LogP contribution >= 0.6 is 11.8 Å². The van der Waals surface area contributed by atoms with Gasteiger partial charge in [-0.1, -0.05) is 78.9 Å². The molecule has 0 spiro atoms. The van der Waals surface area contributed by atoms with E-state index in [0.717, 1.165) is 38.9 Å². The molecule has 1 heterocycles. The van der Waals surface area contributed by atoms with Crippen LogP contribution in [0.2, 0.25) is 0 Å². The summed E-state index contributed by atoms with van der Waals surface area (Å²) in [5.74, 6) is 1.48. The van der Waals surface area contributed by atoms with E-state index in [9.17, 15) is 5.26 Å². The van der Waals surface area contributed by atoms with Gasteiger partial charge in [-0.05, 0) is 17.7 Å². The average Bonchev–Trinajstić information content (AvgIpc) is 2.83. The molecule has 4 rings (SSSR count). The molecule has 4 aromatic rings. The Labute approximate surface area is 181 Å². The summed E-state index contributed by atoms with van der Waals surface area (Å²) < 4.78 is 5.58. The molecule has 0 atom stereocenters. The smallest absolute Gasteiger partial charge is 0.126 e. The molecule has 0 aliphatic rings. The fourth-order valence-corrected chi connectivity index (χ4v) is 4.26. The predicted molar refractivity (Wildman–Crippen MR) is 122 cm³/mol. The van der Waals surface area contributed by atoms with Gasteiger partial charge in [0.05, 0.1) is 18.4 Å². The Balaban J connectivity index is 1.87. The molecule has 0 aliphatic heterocycles. The molecule has 0 saturated carbocycles. The second kappa shape index (κ2) is 9.30. The molecule has 0 N–H and O–H groups in total. The van der Waals surface area contributed by atoms with E-state index in [0.29, 0.717) is 5.56 Å². The second-order valence-electron chi connectivity index (χ2n) is 6.69. The van der Waals surface area contributed by atoms with Gasteiger partial charge in [-0.2, -0.15) is 5.26 Å². The van der Waals surface area contributed by atoms with Crippen LogP contribution in [0.3, 0.4) is 0 Å². The van der Waals surface area contributed by atoms with E-state index in [-0.39, 0.29) is 0 Å². The van der Waals surface area contributed by atoms with E-state index in [1.165, 1.54) is 5.56 Å². The van der Waals surface area contributed by atoms with Gasteiger partial charge < -0.3 is 4.74 Å². The fourth-order valence-electron chi connectivity index (χ4n) is 3.30. The highest BCUT2D eigenvalue weighted by atomic mass is 32.2. The summed E-state index contributed by atoms with van der Waals surface area (Å²) in [6.45, 7) is 0. The molecule has 3 nitrogen and oxygen atoms in total. The van der Waals surface area contributed by atoms with Crippen LogP contribution in [-0.4, -0.2) is 12.1 Å². The van der Waals surface area contributed by atoms with Crippen LogP contribution in [0.25, 0.3) is 22.4 Å². The molecule has 0 radical (unpaired) electrons. The molecule has 0 fully saturated rings. The summed E-state index contributed by atoms with van der Waals surface area (Å²) >= 11 is 1.58. The number of thioether (sulfide) groups is 1. The van der Waals surface area contributed by atoms with Crippen molar-refractivity contribution in [2.75, 3.05) is 7.11 Å². The summed E-state index contributed by atoms with van der Waals surface area (Å²) in [4.78, 5) is 4.87. The number of aromatic nitrogens is 1. The molecule has 30 heavy (non-hydrogen) atoms. The summed E-state index contributed by atoms with van der Waals surface area (Å²) in [6, 6.07) is 32.4. The minimum Gasteiger partial charge on any atom is -0.496 e. The van der Waals surface area contributed by atoms with E-state index in [1.807, 2.05) is 78.9 Å². The largest absolute Gasteiger partial charge is 0.496 e. The van der Waals surface area contributed by atoms with Crippen LogP contribution in [0, 0.1) is 11.3 Å². The van der Waals surface area contributed by atoms with Crippen molar-refractivity contribution in [2.24, 2.45) is 0 Å². The number of para-hydroxylation sites is 1. The zero-order chi connectivity index (χ0) is 20.8. The maximum absolute atomic E-state index is 10.0. The zero-order valence-electron chi connectivity index (χ0n) is 16.6. The number of hydrogen-bond acceptors (Lipinski definition) is 4. The zero-order valence-corrected chi connectivity index (χ0v) is 17.4. The minimum absolute atomic E-state index is 0.570. The lowest BCUT2D eigenvalue weighted by atomic mass is 9.98. The van der Waals surface area contributed by atoms with Crippen molar-refractivity contribution in [1.29, 1.82) is 5.26 Å². The molecule has 0 amide bonds. The van der Waals surface area contributed by atoms with Gasteiger partial charge in [0, 0.05) is 22.4 Å². The Morgan fingerprint density at radius 1 is 0.867 bits per heavy atom. The maximum Gasteiger partial charge on any atom is 0.126 e. The van der Waals surface area contributed by atoms with Gasteiger partial charge in [-0.25, -0.2) is 4.98 Å². The first-order valence-corrected chi connectivity index (χ1v) is 10.6. The number of hydrogen-bond donors (Lipinski definition) is 0. The summed E-state index contributed by atoms with van der Waals surface area (Å²) in [7, 11) is 1.65. The Morgan fingerprint density at radius 2 is 1.53 bits per heavy atom. The molecule has 0 unspecified atom stereocenters. The van der Waals surface area contributed by atoms with Crippen LogP contribution < -0.4 is 4.74 Å². The van der Waals surface area contributed by atoms with Crippen molar-refractivity contribution in [3.8, 4) is 34.2 Å². The van der Waals surface area contributed by atoms with E-state index in [2.05, 4.69) is 18.2 Å². The summed E-state index contributed by atoms with van der Waals surface area (Å²) in [6.07, 6.45) is 0. The van der Waals surface area contributed by atoms with Crippen molar-refractivity contribution >= 4 is 11.8 Å². The van der Waals surface area contributed by atoms with Gasteiger partial charge in [0.2, 0.25) is 0 Å². The number of nitriles is 1. The van der Waals surface area contributed by atoms with Crippen LogP contribution in [-0.2, 0) is 5.75 Å². The Hall–Kier alpha value is -3.55. The van der Waals surface area contributed by atoms with E-state index < -0.39 is 0 Å². The standard InChI is InChI=1S/C26H20N2OS/c1-29-25-15-9-8-14-21(25)22-16-24(20-12-6-3-7-13-20)28-26(23(22)17-27)30-18-19-10-4-2-5-11-19/h2-16H,18H2,1H3. The third-order valence-corrected chi connectivity index (χ3v) is 5.83. The predicted octanol–water partition coefficient (Wildman–Crippen LogP) is 6.59. The second-order valence-corrected chi connectivity index (χ2v) is 7.65. The minimum atomic E-state index is 0.570. The monoisotopic (exact) mass is 408 g/mol. The van der Waals surface area contributed by atoms with Crippen LogP contribution in [0.1, 0.15) is 11.1 Å². The maximum atomic E-state index is 10.0. The highest BCUT2D eigenvalue weighted by Gasteiger charge is 2.18. The number of nitrogens with zero attached hydrogens (tertiary/aromatic N) is 2. The average molecular weight is 409 g/mol. The normalized spacial score (nSPS) is 10.4. The molecule has 0 bridgehead atoms. The number of rotatable bonds is 6. The van der Waals surface area contributed by atoms with Crippen molar-refractivity contribution in [1.82, 2.24) is 4.98 Å². The molecule has 3 aromatic carbocycles. The highest BCUT2D eigenvalue weighted by molar-refractivity contribution is 7.98. The Bertz CT molecular complexity index is 1180. The highest BCUT2D eigenvalue weighted by Crippen LogP contribution is 2.38. The molecule has 4 heteroatoms. The Kier molecular flexibility index (Phi) is 6.12. The van der Waals surface area contributed by atoms with Gasteiger partial charge in [0.1, 0.15) is 16.8 Å². The third-order valence-electron chi connectivity index (χ3n) is 4.78. The molecular formula is C26H20N2OS. The van der Waals surface area contributed by atoms with Crippen molar-refractivity contribution < 1.29 is 4.74 Å². The molecule has 0 saturated heterocycles. The topological polar surface area (TPSA) is 45.9 Å². The first-order valence-electron chi connectivity index (χ1n) is 9.61. The van der Waals surface area contributed by atoms with E-state index in [1.54, 1.807) is 18.9 Å². The van der Waals surface area contributed by atoms with E-state index in [4.69, 9.17) is 9.72 Å². The summed E-state index contributed by atoms with van der Waals surface area (Å²) in [5.41, 5.74) is 5.33. The lowest BCUT2D eigenvalue weighted by molar-refractivity contribution is 0.416. The third kappa shape index (κ3) is 4.22. The quantitative estimate of drug-likeness (QED) is 0.338. The van der Waals surface area contributed by atoms with E-state index >= 15 is 0 Å². The van der Waals surface area contributed by atoms with Crippen LogP contribution in [0.15, 0.2) is 96.0 Å². The molecule has 1 aromatic heterocycles. The van der Waals surface area contributed by atoms with Crippen molar-refractivity contribution in [3.63, 3.8) is 0 Å². The number of pyridine rings is 1. The van der Waals surface area contributed by atoms with Gasteiger partial charge in [-0.3, -0.25) is 0 Å². The summed E-state index contributed by atoms with van der Waals surface area (Å²) in [5, 5.41) is 10.8. The van der Waals surface area contributed by atoms with Gasteiger partial charge in [-0.15, -0.1) is 11.8 Å². The van der Waals surface area contributed by atoms with Gasteiger partial charge in [0.15, 0.2) is 0 Å². The lowest BCUT2D eigenvalue weighted by Gasteiger charge is -2.14. The Morgan fingerprint density at radius 3 is 2.23 bits per heavy atom. The molecule has 0 aliphatic carbocycles. The molecular weight excluding hydrogens is 388 g/mol. The number of ether oxygens (including phenoxy) is 1. The fraction of sp³-hybridized carbons (Fsp3) is 0.0769. The van der Waals surface area contributed by atoms with Crippen molar-refractivity contribution in [2.45, 2.75) is 10.8 Å². The first-order chi connectivity index (χ1) is 14.8. The number of benzene rings is 3. The first kappa shape index (κ1) is 19.8. The lowest BCUT2D eigenvalue weighted by Crippen LogP contribution is -1.97. The van der Waals surface area contributed by atoms with Gasteiger partial charge in [0.25, 0.3) is 0 Å².